The van der Waals surface area contributed by atoms with E-state index in [1.807, 2.05) is 0 Å². The zero-order valence-electron chi connectivity index (χ0n) is 11.3. The number of fused-ring (bicyclic) bond motifs is 1. The molecule has 1 aromatic heterocycles. The zero-order chi connectivity index (χ0) is 12.5. The number of aryl methyl sites for hydroxylation is 1. The molecule has 0 N–H and O–H groups in total. The molecule has 0 atom stereocenters. The molecular weight excluding hydrogens is 220 g/mol. The fourth-order valence-electron chi connectivity index (χ4n) is 2.94. The van der Waals surface area contributed by atoms with Crippen molar-refractivity contribution < 1.29 is 4.58 Å². The van der Waals surface area contributed by atoms with Gasteiger partial charge in [-0.3, -0.25) is 0 Å². The molecule has 0 aliphatic carbocycles. The van der Waals surface area contributed by atoms with Crippen LogP contribution in [0, 0.1) is 6.92 Å². The predicted molar refractivity (Wildman–Crippen MR) is 76.7 cm³/mol. The Kier molecular flexibility index (Phi) is 2.94. The summed E-state index contributed by atoms with van der Waals surface area (Å²) in [5, 5.41) is 1.38. The van der Waals surface area contributed by atoms with E-state index in [0.29, 0.717) is 0 Å². The lowest BCUT2D eigenvalue weighted by Gasteiger charge is -2.09. The summed E-state index contributed by atoms with van der Waals surface area (Å²) < 4.78 is 4.78. The first kappa shape index (κ1) is 11.5. The van der Waals surface area contributed by atoms with Gasteiger partial charge in [-0.2, -0.15) is 0 Å². The normalized spacial score (nSPS) is 16.2. The minimum atomic E-state index is 1.21. The van der Waals surface area contributed by atoms with Crippen LogP contribution < -0.4 is 0 Å². The minimum Gasteiger partial charge on any atom is -0.347 e. The third-order valence-corrected chi connectivity index (χ3v) is 4.15. The van der Waals surface area contributed by atoms with E-state index in [1.165, 1.54) is 54.5 Å². The van der Waals surface area contributed by atoms with Crippen molar-refractivity contribution in [3.05, 3.63) is 35.5 Å². The average Bonchev–Trinajstić information content (AvgIpc) is 2.66. The minimum absolute atomic E-state index is 1.21. The van der Waals surface area contributed by atoms with Gasteiger partial charge in [-0.1, -0.05) is 18.2 Å². The molecule has 1 aromatic carbocycles. The van der Waals surface area contributed by atoms with E-state index in [9.17, 15) is 0 Å². The van der Waals surface area contributed by atoms with E-state index in [0.717, 1.165) is 0 Å². The van der Waals surface area contributed by atoms with Gasteiger partial charge < -0.3 is 4.57 Å². The molecule has 2 heteroatoms. The Labute approximate surface area is 109 Å². The van der Waals surface area contributed by atoms with Crippen molar-refractivity contribution in [3.8, 4) is 0 Å². The molecular formula is C16H21N2+. The topological polar surface area (TPSA) is 7.94 Å². The first-order chi connectivity index (χ1) is 8.77. The van der Waals surface area contributed by atoms with E-state index < -0.39 is 0 Å². The van der Waals surface area contributed by atoms with E-state index in [2.05, 4.69) is 53.6 Å². The van der Waals surface area contributed by atoms with Gasteiger partial charge in [-0.15, -0.1) is 0 Å². The highest BCUT2D eigenvalue weighted by Gasteiger charge is 2.15. The van der Waals surface area contributed by atoms with Crippen molar-refractivity contribution in [3.63, 3.8) is 0 Å². The number of nitrogens with zero attached hydrogens (tertiary/aromatic N) is 2. The summed E-state index contributed by atoms with van der Waals surface area (Å²) in [6, 6.07) is 8.69. The quantitative estimate of drug-likeness (QED) is 0.678. The van der Waals surface area contributed by atoms with Gasteiger partial charge in [0, 0.05) is 36.5 Å². The number of aromatic nitrogens is 1. The maximum absolute atomic E-state index is 2.48. The van der Waals surface area contributed by atoms with Crippen LogP contribution in [-0.2, 0) is 7.05 Å². The first-order valence-corrected chi connectivity index (χ1v) is 6.90. The van der Waals surface area contributed by atoms with E-state index >= 15 is 0 Å². The molecule has 0 unspecified atom stereocenters. The molecule has 1 saturated heterocycles. The third-order valence-electron chi connectivity index (χ3n) is 4.15. The summed E-state index contributed by atoms with van der Waals surface area (Å²) >= 11 is 0. The lowest BCUT2D eigenvalue weighted by Crippen LogP contribution is -2.21. The summed E-state index contributed by atoms with van der Waals surface area (Å²) in [7, 11) is 2.16. The van der Waals surface area contributed by atoms with Crippen LogP contribution in [0.15, 0.2) is 24.3 Å². The summed E-state index contributed by atoms with van der Waals surface area (Å²) in [5.74, 6) is 0. The van der Waals surface area contributed by atoms with Crippen molar-refractivity contribution in [2.45, 2.75) is 26.2 Å². The molecule has 0 bridgehead atoms. The van der Waals surface area contributed by atoms with E-state index in [-0.39, 0.29) is 0 Å². The fourth-order valence-corrected chi connectivity index (χ4v) is 2.94. The molecule has 18 heavy (non-hydrogen) atoms. The molecule has 2 aromatic rings. The molecule has 1 fully saturated rings. The Morgan fingerprint density at radius 3 is 2.61 bits per heavy atom. The van der Waals surface area contributed by atoms with Crippen molar-refractivity contribution in [1.82, 2.24) is 4.57 Å². The first-order valence-electron chi connectivity index (χ1n) is 6.90. The Balaban J connectivity index is 2.13. The smallest absolute Gasteiger partial charge is 0.173 e. The van der Waals surface area contributed by atoms with Crippen LogP contribution in [0.3, 0.4) is 0 Å². The van der Waals surface area contributed by atoms with Crippen molar-refractivity contribution in [2.24, 2.45) is 7.05 Å². The highest BCUT2D eigenvalue weighted by Crippen LogP contribution is 2.23. The summed E-state index contributed by atoms with van der Waals surface area (Å²) in [4.78, 5) is 0. The molecule has 0 saturated carbocycles. The zero-order valence-corrected chi connectivity index (χ0v) is 11.3. The van der Waals surface area contributed by atoms with Gasteiger partial charge >= 0.3 is 0 Å². The van der Waals surface area contributed by atoms with E-state index in [1.54, 1.807) is 0 Å². The number of para-hydroxylation sites is 1. The predicted octanol–water partition coefficient (Wildman–Crippen LogP) is 3.10. The van der Waals surface area contributed by atoms with Gasteiger partial charge in [0.05, 0.1) is 5.56 Å². The van der Waals surface area contributed by atoms with Crippen LogP contribution in [-0.4, -0.2) is 28.4 Å². The second-order valence-corrected chi connectivity index (χ2v) is 5.30. The maximum atomic E-state index is 2.48. The second-order valence-electron chi connectivity index (χ2n) is 5.30. The SMILES string of the molecule is Cc1c(C=[N+]2CCCCC2)c2ccccc2n1C. The van der Waals surface area contributed by atoms with Crippen molar-refractivity contribution in [2.75, 3.05) is 13.1 Å². The summed E-state index contributed by atoms with van der Waals surface area (Å²) in [6.07, 6.45) is 6.43. The van der Waals surface area contributed by atoms with Crippen LogP contribution in [0.5, 0.6) is 0 Å². The van der Waals surface area contributed by atoms with Crippen LogP contribution in [0.4, 0.5) is 0 Å². The fraction of sp³-hybridized carbons (Fsp3) is 0.438. The molecule has 2 nitrogen and oxygen atoms in total. The maximum Gasteiger partial charge on any atom is 0.173 e. The molecule has 0 radical (unpaired) electrons. The highest BCUT2D eigenvalue weighted by atomic mass is 15.0. The molecule has 1 aliphatic rings. The lowest BCUT2D eigenvalue weighted by molar-refractivity contribution is -0.532. The molecule has 0 spiro atoms. The number of rotatable bonds is 1. The molecule has 1 aliphatic heterocycles. The number of hydrogen-bond donors (Lipinski definition) is 0. The highest BCUT2D eigenvalue weighted by molar-refractivity contribution is 5.99. The van der Waals surface area contributed by atoms with Crippen LogP contribution in [0.1, 0.15) is 30.5 Å². The average molecular weight is 241 g/mol. The molecule has 3 rings (SSSR count). The van der Waals surface area contributed by atoms with Gasteiger partial charge in [0.25, 0.3) is 0 Å². The Bertz CT molecular complexity index is 597. The number of piperidine rings is 1. The Morgan fingerprint density at radius 1 is 1.11 bits per heavy atom. The van der Waals surface area contributed by atoms with Crippen LogP contribution >= 0.6 is 0 Å². The Hall–Kier alpha value is -1.57. The van der Waals surface area contributed by atoms with Crippen molar-refractivity contribution in [1.29, 1.82) is 0 Å². The van der Waals surface area contributed by atoms with Gasteiger partial charge in [-0.25, -0.2) is 4.58 Å². The monoisotopic (exact) mass is 241 g/mol. The van der Waals surface area contributed by atoms with Crippen LogP contribution in [0.2, 0.25) is 0 Å². The molecule has 0 amide bonds. The van der Waals surface area contributed by atoms with Gasteiger partial charge in [0.2, 0.25) is 0 Å². The van der Waals surface area contributed by atoms with Gasteiger partial charge in [0.15, 0.2) is 6.21 Å². The number of hydrogen-bond acceptors (Lipinski definition) is 0. The van der Waals surface area contributed by atoms with Gasteiger partial charge in [-0.05, 0) is 19.4 Å². The standard InChI is InChI=1S/C16H21N2/c1-13-15(12-18-10-6-3-7-11-18)14-8-4-5-9-16(14)17(13)2/h4-5,8-9,12H,3,6-7,10-11H2,1-2H3/q+1. The molecule has 94 valence electrons. The number of benzene rings is 1. The largest absolute Gasteiger partial charge is 0.347 e. The Morgan fingerprint density at radius 2 is 1.83 bits per heavy atom. The van der Waals surface area contributed by atoms with E-state index in [4.69, 9.17) is 0 Å². The second kappa shape index (κ2) is 4.60. The van der Waals surface area contributed by atoms with Gasteiger partial charge in [0.1, 0.15) is 13.1 Å². The summed E-state index contributed by atoms with van der Waals surface area (Å²) in [5.41, 5.74) is 4.09. The van der Waals surface area contributed by atoms with Crippen molar-refractivity contribution >= 4 is 17.1 Å². The van der Waals surface area contributed by atoms with Crippen LogP contribution in [0.25, 0.3) is 10.9 Å². The lowest BCUT2D eigenvalue weighted by atomic mass is 10.1. The third kappa shape index (κ3) is 1.86. The molecule has 2 heterocycles. The summed E-state index contributed by atoms with van der Waals surface area (Å²) in [6.45, 7) is 4.64.